The third kappa shape index (κ3) is 4.01. The lowest BCUT2D eigenvalue weighted by Gasteiger charge is -2.17. The maximum absolute atomic E-state index is 6.18. The van der Waals surface area contributed by atoms with E-state index in [1.54, 1.807) is 21.3 Å². The van der Waals surface area contributed by atoms with Gasteiger partial charge in [0.2, 0.25) is 5.75 Å². The molecule has 0 unspecified atom stereocenters. The lowest BCUT2D eigenvalue weighted by Crippen LogP contribution is -2.12. The largest absolute Gasteiger partial charge is 0.493 e. The number of nitrogens with two attached hydrogens (primary N) is 2. The maximum Gasteiger partial charge on any atom is 0.203 e. The van der Waals surface area contributed by atoms with Crippen LogP contribution >= 0.6 is 0 Å². The molecule has 0 aliphatic heterocycles. The van der Waals surface area contributed by atoms with E-state index < -0.39 is 0 Å². The summed E-state index contributed by atoms with van der Waals surface area (Å²) in [6.45, 7) is 0.696. The van der Waals surface area contributed by atoms with Gasteiger partial charge in [-0.2, -0.15) is 0 Å². The van der Waals surface area contributed by atoms with Crippen LogP contribution in [0.1, 0.15) is 30.9 Å². The van der Waals surface area contributed by atoms with Gasteiger partial charge in [0, 0.05) is 6.04 Å². The molecule has 0 aliphatic carbocycles. The Hall–Kier alpha value is -1.46. The Balaban J connectivity index is 2.95. The van der Waals surface area contributed by atoms with Crippen LogP contribution in [0.15, 0.2) is 12.1 Å². The molecule has 0 amide bonds. The first kappa shape index (κ1) is 15.6. The van der Waals surface area contributed by atoms with Crippen LogP contribution in [0.4, 0.5) is 0 Å². The molecule has 0 spiro atoms. The molecule has 5 nitrogen and oxygen atoms in total. The highest BCUT2D eigenvalue weighted by Gasteiger charge is 2.16. The average molecular weight is 268 g/mol. The molecule has 0 aromatic heterocycles. The van der Waals surface area contributed by atoms with Gasteiger partial charge < -0.3 is 25.7 Å². The quantitative estimate of drug-likeness (QED) is 0.703. The summed E-state index contributed by atoms with van der Waals surface area (Å²) >= 11 is 0. The lowest BCUT2D eigenvalue weighted by atomic mass is 10.0. The predicted octanol–water partition coefficient (Wildman–Crippen LogP) is 1.84. The number of methoxy groups -OCH3 is 3. The Kier molecular flexibility index (Phi) is 6.45. The number of unbranched alkanes of at least 4 members (excludes halogenated alkanes) is 1. The second kappa shape index (κ2) is 7.86. The van der Waals surface area contributed by atoms with Crippen LogP contribution in [0.5, 0.6) is 17.2 Å². The minimum absolute atomic E-state index is 0.0553. The zero-order chi connectivity index (χ0) is 14.3. The highest BCUT2D eigenvalue weighted by Crippen LogP contribution is 2.39. The second-order valence-electron chi connectivity index (χ2n) is 4.35. The molecule has 0 aliphatic rings. The number of hydrogen-bond acceptors (Lipinski definition) is 5. The van der Waals surface area contributed by atoms with Gasteiger partial charge in [0.1, 0.15) is 0 Å². The van der Waals surface area contributed by atoms with E-state index >= 15 is 0 Å². The Morgan fingerprint density at radius 3 is 2.00 bits per heavy atom. The van der Waals surface area contributed by atoms with Crippen molar-refractivity contribution in [1.82, 2.24) is 0 Å². The van der Waals surface area contributed by atoms with Crippen molar-refractivity contribution in [3.05, 3.63) is 17.7 Å². The van der Waals surface area contributed by atoms with Crippen LogP contribution in [-0.4, -0.2) is 27.9 Å². The smallest absolute Gasteiger partial charge is 0.203 e. The first-order valence-corrected chi connectivity index (χ1v) is 6.43. The topological polar surface area (TPSA) is 79.7 Å². The van der Waals surface area contributed by atoms with Crippen molar-refractivity contribution in [3.8, 4) is 17.2 Å². The minimum atomic E-state index is -0.0553. The Labute approximate surface area is 114 Å². The first-order chi connectivity index (χ1) is 9.17. The van der Waals surface area contributed by atoms with Crippen molar-refractivity contribution in [3.63, 3.8) is 0 Å². The van der Waals surface area contributed by atoms with Crippen molar-refractivity contribution >= 4 is 0 Å². The summed E-state index contributed by atoms with van der Waals surface area (Å²) < 4.78 is 15.9. The summed E-state index contributed by atoms with van der Waals surface area (Å²) in [4.78, 5) is 0. The van der Waals surface area contributed by atoms with Gasteiger partial charge in [-0.3, -0.25) is 0 Å². The molecule has 1 rings (SSSR count). The van der Waals surface area contributed by atoms with E-state index in [-0.39, 0.29) is 6.04 Å². The second-order valence-corrected chi connectivity index (χ2v) is 4.35. The van der Waals surface area contributed by atoms with E-state index in [0.29, 0.717) is 23.8 Å². The molecule has 4 N–H and O–H groups in total. The fourth-order valence-corrected chi connectivity index (χ4v) is 1.99. The fourth-order valence-electron chi connectivity index (χ4n) is 1.99. The Bertz CT molecular complexity index is 371. The van der Waals surface area contributed by atoms with Crippen molar-refractivity contribution in [2.45, 2.75) is 25.3 Å². The summed E-state index contributed by atoms with van der Waals surface area (Å²) in [5, 5.41) is 0. The van der Waals surface area contributed by atoms with Crippen molar-refractivity contribution < 1.29 is 14.2 Å². The van der Waals surface area contributed by atoms with E-state index in [0.717, 1.165) is 24.8 Å². The van der Waals surface area contributed by atoms with Crippen LogP contribution in [0.25, 0.3) is 0 Å². The van der Waals surface area contributed by atoms with E-state index in [2.05, 4.69) is 0 Å². The van der Waals surface area contributed by atoms with E-state index in [9.17, 15) is 0 Å². The van der Waals surface area contributed by atoms with Gasteiger partial charge in [0.25, 0.3) is 0 Å². The summed E-state index contributed by atoms with van der Waals surface area (Å²) in [6, 6.07) is 3.74. The van der Waals surface area contributed by atoms with Crippen molar-refractivity contribution in [2.75, 3.05) is 27.9 Å². The average Bonchev–Trinajstić information content (AvgIpc) is 2.45. The monoisotopic (exact) mass is 268 g/mol. The van der Waals surface area contributed by atoms with Crippen LogP contribution in [0, 0.1) is 0 Å². The SMILES string of the molecule is COc1cc([C@@H](N)CCCCN)cc(OC)c1OC. The Morgan fingerprint density at radius 2 is 1.58 bits per heavy atom. The molecule has 1 atom stereocenters. The van der Waals surface area contributed by atoms with Gasteiger partial charge in [0.05, 0.1) is 21.3 Å². The fraction of sp³-hybridized carbons (Fsp3) is 0.571. The van der Waals surface area contributed by atoms with Gasteiger partial charge >= 0.3 is 0 Å². The number of benzene rings is 1. The van der Waals surface area contributed by atoms with Gasteiger partial charge in [-0.05, 0) is 37.1 Å². The van der Waals surface area contributed by atoms with Crippen molar-refractivity contribution in [1.29, 1.82) is 0 Å². The number of hydrogen-bond donors (Lipinski definition) is 2. The van der Waals surface area contributed by atoms with E-state index in [1.807, 2.05) is 12.1 Å². The molecule has 108 valence electrons. The molecule has 19 heavy (non-hydrogen) atoms. The predicted molar refractivity (Wildman–Crippen MR) is 75.9 cm³/mol. The molecule has 0 bridgehead atoms. The molecular weight excluding hydrogens is 244 g/mol. The summed E-state index contributed by atoms with van der Waals surface area (Å²) in [6.07, 6.45) is 2.88. The third-order valence-corrected chi connectivity index (χ3v) is 3.08. The molecule has 1 aromatic rings. The standard InChI is InChI=1S/C14H24N2O3/c1-17-12-8-10(11(16)6-4-5-7-15)9-13(18-2)14(12)19-3/h8-9,11H,4-7,15-16H2,1-3H3/t11-/m0/s1. The molecule has 0 saturated heterocycles. The zero-order valence-electron chi connectivity index (χ0n) is 11.9. The Morgan fingerprint density at radius 1 is 1.00 bits per heavy atom. The van der Waals surface area contributed by atoms with Gasteiger partial charge in [-0.15, -0.1) is 0 Å². The molecule has 0 radical (unpaired) electrons. The van der Waals surface area contributed by atoms with E-state index in [4.69, 9.17) is 25.7 Å². The zero-order valence-corrected chi connectivity index (χ0v) is 11.9. The number of ether oxygens (including phenoxy) is 3. The first-order valence-electron chi connectivity index (χ1n) is 6.43. The highest BCUT2D eigenvalue weighted by molar-refractivity contribution is 5.54. The van der Waals surface area contributed by atoms with Crippen molar-refractivity contribution in [2.24, 2.45) is 11.5 Å². The molecule has 0 saturated carbocycles. The third-order valence-electron chi connectivity index (χ3n) is 3.08. The molecule has 1 aromatic carbocycles. The lowest BCUT2D eigenvalue weighted by molar-refractivity contribution is 0.323. The molecule has 0 heterocycles. The van der Waals surface area contributed by atoms with Gasteiger partial charge in [0.15, 0.2) is 11.5 Å². The normalized spacial score (nSPS) is 12.1. The molecule has 5 heteroatoms. The maximum atomic E-state index is 6.18. The summed E-state index contributed by atoms with van der Waals surface area (Å²) in [5.74, 6) is 1.85. The van der Waals surface area contributed by atoms with Crippen LogP contribution in [0.2, 0.25) is 0 Å². The highest BCUT2D eigenvalue weighted by atomic mass is 16.5. The van der Waals surface area contributed by atoms with Crippen LogP contribution in [0.3, 0.4) is 0 Å². The van der Waals surface area contributed by atoms with Gasteiger partial charge in [-0.1, -0.05) is 6.42 Å². The molecule has 0 fully saturated rings. The van der Waals surface area contributed by atoms with Gasteiger partial charge in [-0.25, -0.2) is 0 Å². The number of rotatable bonds is 8. The summed E-state index contributed by atoms with van der Waals surface area (Å²) in [5.41, 5.74) is 12.6. The van der Waals surface area contributed by atoms with Crippen LogP contribution < -0.4 is 25.7 Å². The summed E-state index contributed by atoms with van der Waals surface area (Å²) in [7, 11) is 4.78. The molecular formula is C14H24N2O3. The van der Waals surface area contributed by atoms with E-state index in [1.165, 1.54) is 0 Å². The van der Waals surface area contributed by atoms with Crippen LogP contribution in [-0.2, 0) is 0 Å². The minimum Gasteiger partial charge on any atom is -0.493 e.